The second kappa shape index (κ2) is 3.58. The van der Waals surface area contributed by atoms with Crippen LogP contribution in [-0.2, 0) is 0 Å². The third-order valence-electron chi connectivity index (χ3n) is 3.00. The Bertz CT molecular complexity index is 483. The van der Waals surface area contributed by atoms with Crippen LogP contribution in [0, 0.1) is 6.92 Å². The molecule has 3 heteroatoms. The van der Waals surface area contributed by atoms with Gasteiger partial charge < -0.3 is 5.32 Å². The highest BCUT2D eigenvalue weighted by molar-refractivity contribution is 7.18. The largest absolute Gasteiger partial charge is 0.316 e. The zero-order valence-electron chi connectivity index (χ0n) is 8.79. The summed E-state index contributed by atoms with van der Waals surface area (Å²) in [6, 6.07) is 6.58. The molecule has 1 unspecified atom stereocenters. The molecule has 0 spiro atoms. The molecule has 0 radical (unpaired) electrons. The number of nitrogens with zero attached hydrogens (tertiary/aromatic N) is 1. The van der Waals surface area contributed by atoms with Crippen LogP contribution in [0.4, 0.5) is 0 Å². The van der Waals surface area contributed by atoms with Crippen LogP contribution < -0.4 is 5.32 Å². The van der Waals surface area contributed by atoms with Crippen molar-refractivity contribution in [3.63, 3.8) is 0 Å². The second-order valence-electron chi connectivity index (χ2n) is 4.19. The van der Waals surface area contributed by atoms with Crippen molar-refractivity contribution in [1.82, 2.24) is 10.3 Å². The highest BCUT2D eigenvalue weighted by Gasteiger charge is 2.18. The van der Waals surface area contributed by atoms with E-state index >= 15 is 0 Å². The Balaban J connectivity index is 2.05. The van der Waals surface area contributed by atoms with Crippen LogP contribution in [0.1, 0.15) is 22.9 Å². The van der Waals surface area contributed by atoms with Crippen molar-refractivity contribution in [3.8, 4) is 0 Å². The molecule has 1 N–H and O–H groups in total. The molecule has 1 saturated heterocycles. The van der Waals surface area contributed by atoms with Gasteiger partial charge in [0.05, 0.1) is 0 Å². The molecule has 1 aliphatic heterocycles. The molecule has 0 saturated carbocycles. The Hall–Kier alpha value is -0.930. The number of fused-ring (bicyclic) bond motifs is 1. The average molecular weight is 218 g/mol. The molecular formula is C12H14N2S. The van der Waals surface area contributed by atoms with Crippen LogP contribution >= 0.6 is 11.3 Å². The number of nitrogens with one attached hydrogen (secondary N) is 1. The number of pyridine rings is 1. The molecule has 3 rings (SSSR count). The highest BCUT2D eigenvalue weighted by Crippen LogP contribution is 2.32. The maximum Gasteiger partial charge on any atom is 0.123 e. The van der Waals surface area contributed by atoms with Gasteiger partial charge in [-0.05, 0) is 32.0 Å². The van der Waals surface area contributed by atoms with E-state index in [1.807, 2.05) is 11.3 Å². The molecule has 1 aliphatic rings. The molecule has 15 heavy (non-hydrogen) atoms. The van der Waals surface area contributed by atoms with E-state index in [-0.39, 0.29) is 0 Å². The Morgan fingerprint density at radius 2 is 2.40 bits per heavy atom. The quantitative estimate of drug-likeness (QED) is 0.796. The van der Waals surface area contributed by atoms with Gasteiger partial charge in [0.1, 0.15) is 4.83 Å². The van der Waals surface area contributed by atoms with Gasteiger partial charge in [0, 0.05) is 28.4 Å². The number of aryl methyl sites for hydroxylation is 1. The lowest BCUT2D eigenvalue weighted by atomic mass is 10.1. The van der Waals surface area contributed by atoms with Gasteiger partial charge in [0.15, 0.2) is 0 Å². The Morgan fingerprint density at radius 1 is 1.47 bits per heavy atom. The number of hydrogen-bond acceptors (Lipinski definition) is 3. The lowest BCUT2D eigenvalue weighted by Crippen LogP contribution is -2.07. The van der Waals surface area contributed by atoms with Gasteiger partial charge in [0.2, 0.25) is 0 Å². The third kappa shape index (κ3) is 1.66. The lowest BCUT2D eigenvalue weighted by molar-refractivity contribution is 0.779. The fourth-order valence-electron chi connectivity index (χ4n) is 2.13. The van der Waals surface area contributed by atoms with E-state index in [1.54, 1.807) is 0 Å². The Kier molecular flexibility index (Phi) is 2.22. The van der Waals surface area contributed by atoms with Crippen molar-refractivity contribution < 1.29 is 0 Å². The first-order valence-electron chi connectivity index (χ1n) is 5.41. The summed E-state index contributed by atoms with van der Waals surface area (Å²) in [6.45, 7) is 4.34. The zero-order chi connectivity index (χ0) is 10.3. The van der Waals surface area contributed by atoms with Gasteiger partial charge in [-0.15, -0.1) is 11.3 Å². The zero-order valence-corrected chi connectivity index (χ0v) is 9.60. The topological polar surface area (TPSA) is 24.9 Å². The van der Waals surface area contributed by atoms with Gasteiger partial charge in [-0.25, -0.2) is 4.98 Å². The van der Waals surface area contributed by atoms with Crippen molar-refractivity contribution >= 4 is 21.6 Å². The van der Waals surface area contributed by atoms with E-state index in [4.69, 9.17) is 0 Å². The molecular weight excluding hydrogens is 204 g/mol. The van der Waals surface area contributed by atoms with E-state index < -0.39 is 0 Å². The van der Waals surface area contributed by atoms with Gasteiger partial charge in [-0.3, -0.25) is 0 Å². The third-order valence-corrected chi connectivity index (χ3v) is 4.21. The van der Waals surface area contributed by atoms with Crippen LogP contribution in [-0.4, -0.2) is 18.1 Å². The fraction of sp³-hybridized carbons (Fsp3) is 0.417. The number of aromatic nitrogens is 1. The van der Waals surface area contributed by atoms with Crippen molar-refractivity contribution in [3.05, 3.63) is 28.8 Å². The van der Waals surface area contributed by atoms with E-state index in [0.717, 1.165) is 18.8 Å². The van der Waals surface area contributed by atoms with Gasteiger partial charge in [-0.1, -0.05) is 6.07 Å². The summed E-state index contributed by atoms with van der Waals surface area (Å²) in [5, 5.41) is 4.71. The number of rotatable bonds is 1. The molecule has 0 amide bonds. The van der Waals surface area contributed by atoms with E-state index in [1.165, 1.54) is 21.5 Å². The number of thiophene rings is 1. The predicted octanol–water partition coefficient (Wildman–Crippen LogP) is 2.68. The van der Waals surface area contributed by atoms with E-state index in [0.29, 0.717) is 5.92 Å². The normalized spacial score (nSPS) is 21.3. The summed E-state index contributed by atoms with van der Waals surface area (Å²) in [5.74, 6) is 0.713. The van der Waals surface area contributed by atoms with Crippen molar-refractivity contribution in [1.29, 1.82) is 0 Å². The first-order chi connectivity index (χ1) is 7.33. The predicted molar refractivity (Wildman–Crippen MR) is 64.6 cm³/mol. The summed E-state index contributed by atoms with van der Waals surface area (Å²) in [4.78, 5) is 7.25. The highest BCUT2D eigenvalue weighted by atomic mass is 32.1. The summed E-state index contributed by atoms with van der Waals surface area (Å²) < 4.78 is 0. The summed E-state index contributed by atoms with van der Waals surface area (Å²) in [6.07, 6.45) is 1.27. The van der Waals surface area contributed by atoms with Gasteiger partial charge in [0.25, 0.3) is 0 Å². The standard InChI is InChI=1S/C12H14N2S/c1-8-2-3-9-6-11(15-12(9)14-8)10-4-5-13-7-10/h2-3,6,10,13H,4-5,7H2,1H3. The molecule has 0 aromatic carbocycles. The van der Waals surface area contributed by atoms with Crippen molar-refractivity contribution in [2.75, 3.05) is 13.1 Å². The van der Waals surface area contributed by atoms with Crippen LogP contribution in [0.15, 0.2) is 18.2 Å². The molecule has 2 aromatic rings. The minimum atomic E-state index is 0.713. The molecule has 78 valence electrons. The Morgan fingerprint density at radius 3 is 3.20 bits per heavy atom. The maximum atomic E-state index is 4.57. The van der Waals surface area contributed by atoms with Crippen molar-refractivity contribution in [2.45, 2.75) is 19.3 Å². The molecule has 2 nitrogen and oxygen atoms in total. The van der Waals surface area contributed by atoms with Crippen LogP contribution in [0.5, 0.6) is 0 Å². The van der Waals surface area contributed by atoms with Crippen LogP contribution in [0.25, 0.3) is 10.2 Å². The van der Waals surface area contributed by atoms with Crippen LogP contribution in [0.2, 0.25) is 0 Å². The molecule has 1 atom stereocenters. The van der Waals surface area contributed by atoms with Gasteiger partial charge in [-0.2, -0.15) is 0 Å². The first kappa shape index (κ1) is 9.31. The SMILES string of the molecule is Cc1ccc2cc(C3CCNC3)sc2n1. The number of hydrogen-bond donors (Lipinski definition) is 1. The molecule has 1 fully saturated rings. The monoisotopic (exact) mass is 218 g/mol. The second-order valence-corrected chi connectivity index (χ2v) is 5.25. The lowest BCUT2D eigenvalue weighted by Gasteiger charge is -2.02. The van der Waals surface area contributed by atoms with Gasteiger partial charge >= 0.3 is 0 Å². The van der Waals surface area contributed by atoms with Crippen LogP contribution in [0.3, 0.4) is 0 Å². The molecule has 0 aliphatic carbocycles. The minimum absolute atomic E-state index is 0.713. The van der Waals surface area contributed by atoms with Crippen molar-refractivity contribution in [2.24, 2.45) is 0 Å². The van der Waals surface area contributed by atoms with E-state index in [2.05, 4.69) is 35.4 Å². The molecule has 2 aromatic heterocycles. The fourth-order valence-corrected chi connectivity index (χ4v) is 3.34. The maximum absolute atomic E-state index is 4.57. The minimum Gasteiger partial charge on any atom is -0.316 e. The first-order valence-corrected chi connectivity index (χ1v) is 6.22. The summed E-state index contributed by atoms with van der Waals surface area (Å²) in [7, 11) is 0. The van der Waals surface area contributed by atoms with E-state index in [9.17, 15) is 0 Å². The molecule has 3 heterocycles. The molecule has 0 bridgehead atoms. The smallest absolute Gasteiger partial charge is 0.123 e. The summed E-state index contributed by atoms with van der Waals surface area (Å²) in [5.41, 5.74) is 1.11. The average Bonchev–Trinajstić information content (AvgIpc) is 2.84. The Labute approximate surface area is 93.3 Å². The summed E-state index contributed by atoms with van der Waals surface area (Å²) >= 11 is 1.86.